The van der Waals surface area contributed by atoms with E-state index in [1.54, 1.807) is 32.9 Å². The lowest BCUT2D eigenvalue weighted by Gasteiger charge is -2.27. The molecule has 1 atom stereocenters. The molecule has 5 nitrogen and oxygen atoms in total. The summed E-state index contributed by atoms with van der Waals surface area (Å²) < 4.78 is 10.6. The summed E-state index contributed by atoms with van der Waals surface area (Å²) in [4.78, 5) is 25.6. The maximum absolute atomic E-state index is 12.2. The summed E-state index contributed by atoms with van der Waals surface area (Å²) in [6, 6.07) is 8.69. The van der Waals surface area contributed by atoms with Gasteiger partial charge in [-0.2, -0.15) is 0 Å². The van der Waals surface area contributed by atoms with Crippen molar-refractivity contribution >= 4 is 12.1 Å². The van der Waals surface area contributed by atoms with Gasteiger partial charge < -0.3 is 9.47 Å². The summed E-state index contributed by atoms with van der Waals surface area (Å²) in [7, 11) is 0. The molecule has 1 amide bonds. The minimum Gasteiger partial charge on any atom is -0.459 e. The number of amides is 1. The molecule has 1 heterocycles. The number of nitrogens with zero attached hydrogens (tertiary/aromatic N) is 1. The van der Waals surface area contributed by atoms with Crippen molar-refractivity contribution in [2.75, 3.05) is 6.54 Å². The number of carbonyl (C=O) groups excluding carboxylic acids is 2. The van der Waals surface area contributed by atoms with E-state index < -0.39 is 23.7 Å². The molecule has 0 unspecified atom stereocenters. The van der Waals surface area contributed by atoms with Crippen molar-refractivity contribution in [2.24, 2.45) is 0 Å². The molecule has 0 radical (unpaired) electrons. The van der Waals surface area contributed by atoms with Gasteiger partial charge in [0.25, 0.3) is 0 Å². The standard InChI is InChI=1S/C17H21NO4/c1-17(2,3)22-16(20)18-11-7-10-14(18)15(19)21-12-13-8-5-4-6-9-13/h4-10,14H,11-12H2,1-3H3/t14-/m0/s1. The molecule has 2 rings (SSSR count). The van der Waals surface area contributed by atoms with E-state index in [-0.39, 0.29) is 6.61 Å². The van der Waals surface area contributed by atoms with E-state index in [0.717, 1.165) is 5.56 Å². The first-order chi connectivity index (χ1) is 10.4. The highest BCUT2D eigenvalue weighted by molar-refractivity contribution is 5.84. The third-order valence-corrected chi connectivity index (χ3v) is 3.05. The molecule has 0 saturated carbocycles. The normalized spacial score (nSPS) is 17.4. The number of carbonyl (C=O) groups is 2. The topological polar surface area (TPSA) is 55.8 Å². The summed E-state index contributed by atoms with van der Waals surface area (Å²) in [5.74, 6) is -0.455. The fourth-order valence-corrected chi connectivity index (χ4v) is 2.05. The molecule has 0 N–H and O–H groups in total. The minimum atomic E-state index is -0.724. The van der Waals surface area contributed by atoms with E-state index in [0.29, 0.717) is 6.54 Å². The molecule has 1 aromatic carbocycles. The summed E-state index contributed by atoms with van der Waals surface area (Å²) in [6.07, 6.45) is 2.91. The Morgan fingerprint density at radius 3 is 2.55 bits per heavy atom. The zero-order valence-corrected chi connectivity index (χ0v) is 13.1. The Morgan fingerprint density at radius 1 is 1.23 bits per heavy atom. The maximum Gasteiger partial charge on any atom is 0.411 e. The van der Waals surface area contributed by atoms with Crippen molar-refractivity contribution in [1.82, 2.24) is 4.90 Å². The van der Waals surface area contributed by atoms with E-state index in [2.05, 4.69) is 0 Å². The first-order valence-electron chi connectivity index (χ1n) is 7.24. The van der Waals surface area contributed by atoms with Crippen molar-refractivity contribution in [3.63, 3.8) is 0 Å². The van der Waals surface area contributed by atoms with Gasteiger partial charge in [-0.3, -0.25) is 4.90 Å². The quantitative estimate of drug-likeness (QED) is 0.636. The van der Waals surface area contributed by atoms with Gasteiger partial charge in [0, 0.05) is 6.54 Å². The van der Waals surface area contributed by atoms with E-state index in [1.165, 1.54) is 4.90 Å². The summed E-state index contributed by atoms with van der Waals surface area (Å²) >= 11 is 0. The molecule has 1 aliphatic rings. The second kappa shape index (κ2) is 6.64. The summed E-state index contributed by atoms with van der Waals surface area (Å²) in [5.41, 5.74) is 0.305. The smallest absolute Gasteiger partial charge is 0.411 e. The monoisotopic (exact) mass is 303 g/mol. The van der Waals surface area contributed by atoms with Crippen molar-refractivity contribution in [2.45, 2.75) is 39.0 Å². The Bertz CT molecular complexity index is 560. The molecule has 0 saturated heterocycles. The molecule has 1 aromatic rings. The fourth-order valence-electron chi connectivity index (χ4n) is 2.05. The molecule has 118 valence electrons. The largest absolute Gasteiger partial charge is 0.459 e. The molecule has 0 bridgehead atoms. The van der Waals surface area contributed by atoms with Gasteiger partial charge in [-0.05, 0) is 26.3 Å². The predicted octanol–water partition coefficient (Wildman–Crippen LogP) is 2.91. The number of ether oxygens (including phenoxy) is 2. The van der Waals surface area contributed by atoms with Gasteiger partial charge in [0.15, 0.2) is 6.04 Å². The van der Waals surface area contributed by atoms with Gasteiger partial charge in [0.1, 0.15) is 12.2 Å². The molecule has 0 spiro atoms. The van der Waals surface area contributed by atoms with Crippen LogP contribution in [0.25, 0.3) is 0 Å². The van der Waals surface area contributed by atoms with Gasteiger partial charge >= 0.3 is 12.1 Å². The molecule has 5 heteroatoms. The van der Waals surface area contributed by atoms with Gasteiger partial charge in [-0.15, -0.1) is 0 Å². The molecule has 0 aromatic heterocycles. The summed E-state index contributed by atoms with van der Waals surface area (Å²) in [5, 5.41) is 0. The van der Waals surface area contributed by atoms with E-state index >= 15 is 0 Å². The van der Waals surface area contributed by atoms with Crippen molar-refractivity contribution in [1.29, 1.82) is 0 Å². The van der Waals surface area contributed by atoms with Crippen LogP contribution in [-0.4, -0.2) is 35.2 Å². The lowest BCUT2D eigenvalue weighted by Crippen LogP contribution is -2.44. The molecule has 0 aliphatic carbocycles. The zero-order chi connectivity index (χ0) is 16.2. The maximum atomic E-state index is 12.2. The molecule has 0 fully saturated rings. The van der Waals surface area contributed by atoms with Crippen LogP contribution in [0.15, 0.2) is 42.5 Å². The minimum absolute atomic E-state index is 0.187. The number of esters is 1. The van der Waals surface area contributed by atoms with Crippen LogP contribution in [0, 0.1) is 0 Å². The van der Waals surface area contributed by atoms with Crippen molar-refractivity contribution in [3.05, 3.63) is 48.0 Å². The Balaban J connectivity index is 1.93. The van der Waals surface area contributed by atoms with E-state index in [4.69, 9.17) is 9.47 Å². The number of rotatable bonds is 3. The van der Waals surface area contributed by atoms with Gasteiger partial charge in [-0.1, -0.05) is 42.5 Å². The summed E-state index contributed by atoms with van der Waals surface area (Å²) in [6.45, 7) is 5.90. The highest BCUT2D eigenvalue weighted by Crippen LogP contribution is 2.17. The van der Waals surface area contributed by atoms with E-state index in [1.807, 2.05) is 30.3 Å². The van der Waals surface area contributed by atoms with Crippen LogP contribution in [0.3, 0.4) is 0 Å². The number of benzene rings is 1. The van der Waals surface area contributed by atoms with Crippen LogP contribution in [0.5, 0.6) is 0 Å². The lowest BCUT2D eigenvalue weighted by atomic mass is 10.2. The van der Waals surface area contributed by atoms with Crippen LogP contribution in [0.1, 0.15) is 26.3 Å². The van der Waals surface area contributed by atoms with Crippen LogP contribution in [0.2, 0.25) is 0 Å². The van der Waals surface area contributed by atoms with Crippen molar-refractivity contribution < 1.29 is 19.1 Å². The fraction of sp³-hybridized carbons (Fsp3) is 0.412. The molecule has 22 heavy (non-hydrogen) atoms. The molecule has 1 aliphatic heterocycles. The Labute approximate surface area is 130 Å². The highest BCUT2D eigenvalue weighted by Gasteiger charge is 2.34. The van der Waals surface area contributed by atoms with Crippen LogP contribution in [0.4, 0.5) is 4.79 Å². The lowest BCUT2D eigenvalue weighted by molar-refractivity contribution is -0.148. The molecular formula is C17H21NO4. The SMILES string of the molecule is CC(C)(C)OC(=O)N1CC=C[C@H]1C(=O)OCc1ccccc1. The van der Waals surface area contributed by atoms with Gasteiger partial charge in [-0.25, -0.2) is 9.59 Å². The number of hydrogen-bond donors (Lipinski definition) is 0. The zero-order valence-electron chi connectivity index (χ0n) is 13.1. The van der Waals surface area contributed by atoms with Crippen LogP contribution in [-0.2, 0) is 20.9 Å². The predicted molar refractivity (Wildman–Crippen MR) is 82.1 cm³/mol. The average Bonchev–Trinajstić information content (AvgIpc) is 2.93. The Morgan fingerprint density at radius 2 is 1.91 bits per heavy atom. The second-order valence-corrected chi connectivity index (χ2v) is 6.10. The van der Waals surface area contributed by atoms with Gasteiger partial charge in [0.2, 0.25) is 0 Å². The van der Waals surface area contributed by atoms with E-state index in [9.17, 15) is 9.59 Å². The third kappa shape index (κ3) is 4.35. The van der Waals surface area contributed by atoms with Crippen molar-refractivity contribution in [3.8, 4) is 0 Å². The second-order valence-electron chi connectivity index (χ2n) is 6.10. The van der Waals surface area contributed by atoms with Crippen LogP contribution < -0.4 is 0 Å². The van der Waals surface area contributed by atoms with Gasteiger partial charge in [0.05, 0.1) is 0 Å². The highest BCUT2D eigenvalue weighted by atomic mass is 16.6. The first-order valence-corrected chi connectivity index (χ1v) is 7.24. The molecular weight excluding hydrogens is 282 g/mol. The third-order valence-electron chi connectivity index (χ3n) is 3.05. The Kier molecular flexibility index (Phi) is 4.85. The first kappa shape index (κ1) is 16.1. The Hall–Kier alpha value is -2.30. The number of hydrogen-bond acceptors (Lipinski definition) is 4. The average molecular weight is 303 g/mol. The van der Waals surface area contributed by atoms with Crippen LogP contribution >= 0.6 is 0 Å².